The molecule has 0 unspecified atom stereocenters. The number of benzene rings is 1. The average molecular weight is 937 g/mol. The summed E-state index contributed by atoms with van der Waals surface area (Å²) < 4.78 is 74.8. The lowest BCUT2D eigenvalue weighted by Gasteiger charge is -2.46. The zero-order valence-electron chi connectivity index (χ0n) is 34.5. The zero-order valence-corrected chi connectivity index (χ0v) is 37.1. The second-order valence-corrected chi connectivity index (χ2v) is 22.0. The van der Waals surface area contributed by atoms with Gasteiger partial charge < -0.3 is 23.7 Å². The fourth-order valence-electron chi connectivity index (χ4n) is 7.65. The fraction of sp³-hybridized carbons (Fsp3) is 0.447. The molecule has 1 N–H and O–H groups in total. The van der Waals surface area contributed by atoms with Crippen LogP contribution >= 0.6 is 11.3 Å². The van der Waals surface area contributed by atoms with Gasteiger partial charge in [0.25, 0.3) is 5.69 Å². The van der Waals surface area contributed by atoms with Crippen LogP contribution in [0, 0.1) is 22.0 Å². The molecule has 5 atom stereocenters. The molecule has 4 aromatic rings. The SMILES string of the molecule is CC[Si](CC)(CC)O[C@@H](CN=[N+]=[N-])C[n+]1cccc(C(=O)c2ncn3cc(C4=C(C(=O)OCc5ccc([N+](=O)[O-])cc5)N5C(=O)[C@H]([C@@H](C)O)[C@H]5[C@H]4C)sc23)c1.O=S(=O)([O-])C(F)(F)F. The maximum atomic E-state index is 14.0. The van der Waals surface area contributed by atoms with Crippen LogP contribution < -0.4 is 4.57 Å². The van der Waals surface area contributed by atoms with Crippen LogP contribution in [0.1, 0.15) is 61.1 Å². The Hall–Kier alpha value is -5.56. The molecule has 0 radical (unpaired) electrons. The Balaban J connectivity index is 0.000000852. The Morgan fingerprint density at radius 1 is 1.17 bits per heavy atom. The first-order valence-corrected chi connectivity index (χ1v) is 24.2. The van der Waals surface area contributed by atoms with Crippen molar-refractivity contribution in [2.45, 2.75) is 89.7 Å². The number of fused-ring (bicyclic) bond motifs is 2. The number of azide groups is 1. The highest BCUT2D eigenvalue weighted by Gasteiger charge is 2.60. The number of carbonyl (C=O) groups is 3. The van der Waals surface area contributed by atoms with E-state index in [0.717, 1.165) is 18.1 Å². The molecule has 3 aromatic heterocycles. The average Bonchev–Trinajstić information content (AvgIpc) is 3.90. The molecular weight excluding hydrogens is 894 g/mol. The highest BCUT2D eigenvalue weighted by Crippen LogP contribution is 2.52. The molecule has 19 nitrogen and oxygen atoms in total. The number of β-lactam (4-membered cyclic amide) rings is 1. The van der Waals surface area contributed by atoms with E-state index in [2.05, 4.69) is 35.8 Å². The monoisotopic (exact) mass is 936 g/mol. The van der Waals surface area contributed by atoms with Gasteiger partial charge in [-0.2, -0.15) is 13.2 Å². The summed E-state index contributed by atoms with van der Waals surface area (Å²) in [5.41, 5.74) is 5.04. The number of ether oxygens (including phenoxy) is 1. The molecule has 1 fully saturated rings. The molecule has 2 aliphatic rings. The molecular formula is C38H43F3N8O11S2Si. The first-order chi connectivity index (χ1) is 29.6. The Morgan fingerprint density at radius 2 is 1.81 bits per heavy atom. The summed E-state index contributed by atoms with van der Waals surface area (Å²) in [6.45, 7) is 10.2. The van der Waals surface area contributed by atoms with Crippen molar-refractivity contribution in [2.24, 2.45) is 17.0 Å². The van der Waals surface area contributed by atoms with E-state index in [-0.39, 0.29) is 53.9 Å². The van der Waals surface area contributed by atoms with E-state index in [1.165, 1.54) is 46.8 Å². The van der Waals surface area contributed by atoms with Crippen LogP contribution in [-0.4, -0.2) is 93.6 Å². The third-order valence-electron chi connectivity index (χ3n) is 11.1. The van der Waals surface area contributed by atoms with E-state index in [0.29, 0.717) is 33.0 Å². The maximum absolute atomic E-state index is 14.0. The van der Waals surface area contributed by atoms with E-state index in [1.54, 1.807) is 35.9 Å². The van der Waals surface area contributed by atoms with E-state index in [9.17, 15) is 42.8 Å². The minimum Gasteiger partial charge on any atom is -0.741 e. The molecule has 338 valence electrons. The lowest BCUT2D eigenvalue weighted by molar-refractivity contribution is -0.702. The number of ketones is 1. The van der Waals surface area contributed by atoms with Crippen molar-refractivity contribution in [3.63, 3.8) is 0 Å². The van der Waals surface area contributed by atoms with Crippen LogP contribution in [0.2, 0.25) is 18.1 Å². The van der Waals surface area contributed by atoms with Crippen molar-refractivity contribution in [3.8, 4) is 0 Å². The number of aromatic nitrogens is 3. The van der Waals surface area contributed by atoms with Crippen molar-refractivity contribution in [2.75, 3.05) is 6.54 Å². The molecule has 0 spiro atoms. The normalized spacial score (nSPS) is 18.5. The van der Waals surface area contributed by atoms with Crippen LogP contribution in [0.3, 0.4) is 0 Å². The standard InChI is InChI=1S/C37H43N8O8SSi.CHF3O3S/c1-6-55(7-2,8-3)53-27(16-40-41-38)18-42-15-9-10-25(17-42)34(47)31-36-43(21-39-31)19-28(54-36)29-22(4)32-30(23(5)46)35(48)44(32)33(29)37(49)52-20-24-11-13-26(14-12-24)45(50)51;2-1(3,4)8(5,6)7/h9-15,17,19,21-23,27,30,32,46H,6-8,16,18,20H2,1-5H3;(H,5,6,7)/q+1;/p-1/t22-,23+,27-,30+,32+;/m0./s1. The summed E-state index contributed by atoms with van der Waals surface area (Å²) in [4.78, 5) is 61.7. The van der Waals surface area contributed by atoms with Crippen molar-refractivity contribution in [1.29, 1.82) is 0 Å². The van der Waals surface area contributed by atoms with Crippen molar-refractivity contribution >= 4 is 63.5 Å². The molecule has 5 heterocycles. The van der Waals surface area contributed by atoms with Gasteiger partial charge in [0.05, 0.1) is 40.0 Å². The molecule has 0 aliphatic carbocycles. The minimum atomic E-state index is -6.09. The Bertz CT molecular complexity index is 2570. The minimum absolute atomic E-state index is 0.0644. The van der Waals surface area contributed by atoms with Gasteiger partial charge in [0.1, 0.15) is 35.3 Å². The number of carbonyl (C=O) groups excluding carboxylic acids is 3. The molecule has 1 saturated heterocycles. The molecule has 1 aromatic carbocycles. The van der Waals surface area contributed by atoms with Crippen LogP contribution in [0.15, 0.2) is 72.1 Å². The van der Waals surface area contributed by atoms with Crippen LogP contribution in [-0.2, 0) is 42.0 Å². The Labute approximate surface area is 363 Å². The van der Waals surface area contributed by atoms with Crippen molar-refractivity contribution < 1.29 is 64.3 Å². The molecule has 1 amide bonds. The Morgan fingerprint density at radius 3 is 2.37 bits per heavy atom. The second kappa shape index (κ2) is 19.4. The second-order valence-electron chi connectivity index (χ2n) is 14.8. The van der Waals surface area contributed by atoms with E-state index in [1.807, 2.05) is 17.7 Å². The number of pyridine rings is 1. The van der Waals surface area contributed by atoms with Crippen LogP contribution in [0.25, 0.3) is 20.8 Å². The van der Waals surface area contributed by atoms with Crippen LogP contribution in [0.4, 0.5) is 18.9 Å². The number of alkyl halides is 3. The third kappa shape index (κ3) is 10.3. The number of nitro groups is 1. The summed E-state index contributed by atoms with van der Waals surface area (Å²) in [7, 11) is -8.12. The number of non-ortho nitro benzene ring substituents is 1. The summed E-state index contributed by atoms with van der Waals surface area (Å²) in [5, 5.41) is 25.4. The van der Waals surface area contributed by atoms with E-state index < -0.39 is 52.9 Å². The number of aliphatic hydroxyl groups excluding tert-OH is 1. The number of hydrogen-bond donors (Lipinski definition) is 1. The van der Waals surface area contributed by atoms with Gasteiger partial charge in [-0.3, -0.25) is 24.1 Å². The topological polar surface area (TPSA) is 263 Å². The van der Waals surface area contributed by atoms with Crippen LogP contribution in [0.5, 0.6) is 0 Å². The highest BCUT2D eigenvalue weighted by molar-refractivity contribution is 7.86. The van der Waals surface area contributed by atoms with Gasteiger partial charge >= 0.3 is 11.5 Å². The number of halogens is 3. The molecule has 0 saturated carbocycles. The third-order valence-corrected chi connectivity index (χ3v) is 17.5. The lowest BCUT2D eigenvalue weighted by atomic mass is 9.77. The first-order valence-electron chi connectivity index (χ1n) is 19.5. The molecule has 25 heteroatoms. The number of nitrogens with zero attached hydrogens (tertiary/aromatic N) is 8. The van der Waals surface area contributed by atoms with Crippen molar-refractivity contribution in [1.82, 2.24) is 14.3 Å². The molecule has 6 rings (SSSR count). The number of imidazole rings is 1. The van der Waals surface area contributed by atoms with Gasteiger partial charge in [-0.05, 0) is 54.3 Å². The van der Waals surface area contributed by atoms with Gasteiger partial charge in [-0.15, -0.1) is 11.3 Å². The lowest BCUT2D eigenvalue weighted by Crippen LogP contribution is -2.63. The Kier molecular flexibility index (Phi) is 15.0. The summed E-state index contributed by atoms with van der Waals surface area (Å²) in [5.74, 6) is -2.53. The molecule has 2 aliphatic heterocycles. The number of rotatable bonds is 17. The van der Waals surface area contributed by atoms with E-state index >= 15 is 0 Å². The number of thiazole rings is 1. The number of aliphatic hydroxyl groups is 1. The van der Waals surface area contributed by atoms with Gasteiger partial charge in [-0.1, -0.05) is 32.8 Å². The van der Waals surface area contributed by atoms with Gasteiger partial charge in [0.2, 0.25) is 11.7 Å². The zero-order chi connectivity index (χ0) is 46.6. The van der Waals surface area contributed by atoms with Crippen molar-refractivity contribution in [3.05, 3.63) is 109 Å². The predicted molar refractivity (Wildman–Crippen MR) is 220 cm³/mol. The number of hydrogen-bond acceptors (Lipinski definition) is 14. The van der Waals surface area contributed by atoms with E-state index in [4.69, 9.17) is 27.7 Å². The number of amides is 1. The first kappa shape index (κ1) is 48.5. The smallest absolute Gasteiger partial charge is 0.485 e. The summed E-state index contributed by atoms with van der Waals surface area (Å²) in [6.07, 6.45) is 5.56. The van der Waals surface area contributed by atoms with Gasteiger partial charge in [-0.25, -0.2) is 22.8 Å². The van der Waals surface area contributed by atoms with Gasteiger partial charge in [0.15, 0.2) is 37.4 Å². The summed E-state index contributed by atoms with van der Waals surface area (Å²) in [6, 6.07) is 11.4. The molecule has 63 heavy (non-hydrogen) atoms. The fourth-order valence-corrected chi connectivity index (χ4v) is 11.7. The molecule has 0 bridgehead atoms. The largest absolute Gasteiger partial charge is 0.741 e. The quantitative estimate of drug-likeness (QED) is 0.0106. The van der Waals surface area contributed by atoms with Gasteiger partial charge in [0, 0.05) is 40.8 Å². The number of nitro benzene ring substituents is 1. The highest BCUT2D eigenvalue weighted by atomic mass is 32.2. The summed E-state index contributed by atoms with van der Waals surface area (Å²) >= 11 is 1.26. The maximum Gasteiger partial charge on any atom is 0.485 e. The predicted octanol–water partition coefficient (Wildman–Crippen LogP) is 5.89. The number of esters is 1.